The summed E-state index contributed by atoms with van der Waals surface area (Å²) in [6.07, 6.45) is 1.79. The van der Waals surface area contributed by atoms with Gasteiger partial charge in [-0.1, -0.05) is 30.0 Å². The lowest BCUT2D eigenvalue weighted by atomic mass is 10.3. The number of ether oxygens (including phenoxy) is 2. The minimum Gasteiger partial charge on any atom is -0.490 e. The zero-order valence-electron chi connectivity index (χ0n) is 15.3. The number of anilines is 2. The minimum absolute atomic E-state index is 0.0664. The van der Waals surface area contributed by atoms with E-state index in [1.807, 2.05) is 0 Å². The van der Waals surface area contributed by atoms with Crippen LogP contribution in [0.2, 0.25) is 0 Å². The number of amides is 3. The van der Waals surface area contributed by atoms with E-state index < -0.39 is 11.9 Å². The number of hydrogen-bond donors (Lipinski definition) is 3. The van der Waals surface area contributed by atoms with Gasteiger partial charge in [-0.25, -0.2) is 4.79 Å². The van der Waals surface area contributed by atoms with Crippen molar-refractivity contribution in [2.24, 2.45) is 0 Å². The zero-order chi connectivity index (χ0) is 19.8. The summed E-state index contributed by atoms with van der Waals surface area (Å²) in [6, 6.07) is 4.49. The van der Waals surface area contributed by atoms with Crippen LogP contribution in [0.4, 0.5) is 15.6 Å². The van der Waals surface area contributed by atoms with Crippen LogP contribution in [-0.4, -0.2) is 47.6 Å². The first-order valence-corrected chi connectivity index (χ1v) is 10.6. The first-order chi connectivity index (χ1) is 13.6. The van der Waals surface area contributed by atoms with Gasteiger partial charge in [0.2, 0.25) is 11.0 Å². The molecule has 3 N–H and O–H groups in total. The SMILES string of the molecule is CCCNc1nnc(SCC(=O)NC(=O)Nc2ccc3c(c2)OCCCO3)s1. The number of benzene rings is 1. The summed E-state index contributed by atoms with van der Waals surface area (Å²) in [5.74, 6) is 0.855. The lowest BCUT2D eigenvalue weighted by Crippen LogP contribution is -2.35. The molecule has 0 bridgehead atoms. The van der Waals surface area contributed by atoms with Crippen LogP contribution in [0.5, 0.6) is 11.5 Å². The number of thioether (sulfide) groups is 1. The van der Waals surface area contributed by atoms with E-state index in [1.54, 1.807) is 18.2 Å². The molecule has 0 atom stereocenters. The minimum atomic E-state index is -0.609. The summed E-state index contributed by atoms with van der Waals surface area (Å²) in [5.41, 5.74) is 0.512. The van der Waals surface area contributed by atoms with E-state index in [0.29, 0.717) is 34.7 Å². The highest BCUT2D eigenvalue weighted by molar-refractivity contribution is 8.01. The van der Waals surface area contributed by atoms with Gasteiger partial charge in [-0.15, -0.1) is 10.2 Å². The second-order valence-electron chi connectivity index (χ2n) is 5.80. The lowest BCUT2D eigenvalue weighted by Gasteiger charge is -2.10. The number of rotatable bonds is 7. The third-order valence-corrected chi connectivity index (χ3v) is 5.53. The normalized spacial score (nSPS) is 12.8. The van der Waals surface area contributed by atoms with Crippen molar-refractivity contribution in [3.05, 3.63) is 18.2 Å². The van der Waals surface area contributed by atoms with Crippen molar-refractivity contribution in [3.8, 4) is 11.5 Å². The monoisotopic (exact) mass is 423 g/mol. The molecule has 3 amide bonds. The molecule has 28 heavy (non-hydrogen) atoms. The fourth-order valence-electron chi connectivity index (χ4n) is 2.26. The summed E-state index contributed by atoms with van der Waals surface area (Å²) in [7, 11) is 0. The first kappa shape index (κ1) is 20.2. The fourth-order valence-corrected chi connectivity index (χ4v) is 3.84. The average molecular weight is 424 g/mol. The van der Waals surface area contributed by atoms with E-state index in [0.717, 1.165) is 24.5 Å². The number of carbonyl (C=O) groups is 2. The van der Waals surface area contributed by atoms with Crippen molar-refractivity contribution < 1.29 is 19.1 Å². The van der Waals surface area contributed by atoms with Crippen LogP contribution in [0.3, 0.4) is 0 Å². The molecule has 1 aliphatic rings. The van der Waals surface area contributed by atoms with Crippen molar-refractivity contribution in [2.45, 2.75) is 24.1 Å². The Hall–Kier alpha value is -2.53. The van der Waals surface area contributed by atoms with Gasteiger partial charge >= 0.3 is 6.03 Å². The molecule has 2 aromatic rings. The van der Waals surface area contributed by atoms with E-state index >= 15 is 0 Å². The number of nitrogens with one attached hydrogen (secondary N) is 3. The highest BCUT2D eigenvalue weighted by Gasteiger charge is 2.14. The Morgan fingerprint density at radius 3 is 2.86 bits per heavy atom. The second kappa shape index (κ2) is 10.1. The molecule has 2 heterocycles. The predicted octanol–water partition coefficient (Wildman–Crippen LogP) is 2.96. The Bertz CT molecular complexity index is 830. The summed E-state index contributed by atoms with van der Waals surface area (Å²) >= 11 is 2.60. The maximum absolute atomic E-state index is 12.0. The summed E-state index contributed by atoms with van der Waals surface area (Å²) < 4.78 is 11.8. The van der Waals surface area contributed by atoms with Crippen molar-refractivity contribution in [1.82, 2.24) is 15.5 Å². The summed E-state index contributed by atoms with van der Waals surface area (Å²) in [4.78, 5) is 24.0. The highest BCUT2D eigenvalue weighted by Crippen LogP contribution is 2.32. The van der Waals surface area contributed by atoms with Crippen LogP contribution in [-0.2, 0) is 4.79 Å². The van der Waals surface area contributed by atoms with Crippen molar-refractivity contribution >= 4 is 45.9 Å². The van der Waals surface area contributed by atoms with E-state index in [-0.39, 0.29) is 5.75 Å². The van der Waals surface area contributed by atoms with Gasteiger partial charge in [0.1, 0.15) is 0 Å². The molecule has 1 aromatic heterocycles. The molecule has 1 aliphatic heterocycles. The van der Waals surface area contributed by atoms with Crippen LogP contribution >= 0.6 is 23.1 Å². The quantitative estimate of drug-likeness (QED) is 0.583. The molecule has 3 rings (SSSR count). The van der Waals surface area contributed by atoms with Crippen LogP contribution in [0, 0.1) is 0 Å². The van der Waals surface area contributed by atoms with Crippen LogP contribution in [0.1, 0.15) is 19.8 Å². The maximum atomic E-state index is 12.0. The third-order valence-electron chi connectivity index (χ3n) is 3.52. The number of urea groups is 1. The average Bonchev–Trinajstić information content (AvgIpc) is 3.00. The van der Waals surface area contributed by atoms with Gasteiger partial charge in [0.15, 0.2) is 15.8 Å². The molecule has 0 fully saturated rings. The number of fused-ring (bicyclic) bond motifs is 1. The van der Waals surface area contributed by atoms with E-state index in [2.05, 4.69) is 33.1 Å². The van der Waals surface area contributed by atoms with Crippen LogP contribution in [0.25, 0.3) is 0 Å². The van der Waals surface area contributed by atoms with Gasteiger partial charge in [0.05, 0.1) is 19.0 Å². The standard InChI is InChI=1S/C17H21N5O4S2/c1-2-6-18-16-21-22-17(28-16)27-10-14(23)20-15(24)19-11-4-5-12-13(9-11)26-8-3-7-25-12/h4-5,9H,2-3,6-8,10H2,1H3,(H,18,21)(H2,19,20,23,24). The van der Waals surface area contributed by atoms with E-state index in [4.69, 9.17) is 9.47 Å². The molecule has 0 radical (unpaired) electrons. The molecular weight excluding hydrogens is 402 g/mol. The smallest absolute Gasteiger partial charge is 0.325 e. The Kier molecular flexibility index (Phi) is 7.31. The molecule has 0 saturated carbocycles. The molecular formula is C17H21N5O4S2. The Morgan fingerprint density at radius 1 is 1.21 bits per heavy atom. The molecule has 0 unspecified atom stereocenters. The van der Waals surface area contributed by atoms with Gasteiger partial charge in [-0.3, -0.25) is 10.1 Å². The number of imide groups is 1. The van der Waals surface area contributed by atoms with Crippen LogP contribution in [0.15, 0.2) is 22.5 Å². The van der Waals surface area contributed by atoms with Gasteiger partial charge in [0, 0.05) is 24.7 Å². The van der Waals surface area contributed by atoms with Gasteiger partial charge in [-0.2, -0.15) is 0 Å². The van der Waals surface area contributed by atoms with Gasteiger partial charge in [-0.05, 0) is 18.6 Å². The topological polar surface area (TPSA) is 114 Å². The molecule has 11 heteroatoms. The molecule has 9 nitrogen and oxygen atoms in total. The molecule has 1 aromatic carbocycles. The Morgan fingerprint density at radius 2 is 2.04 bits per heavy atom. The first-order valence-electron chi connectivity index (χ1n) is 8.84. The number of carbonyl (C=O) groups excluding carboxylic acids is 2. The highest BCUT2D eigenvalue weighted by atomic mass is 32.2. The largest absolute Gasteiger partial charge is 0.490 e. The van der Waals surface area contributed by atoms with Crippen molar-refractivity contribution in [2.75, 3.05) is 36.1 Å². The van der Waals surface area contributed by atoms with E-state index in [1.165, 1.54) is 23.1 Å². The predicted molar refractivity (Wildman–Crippen MR) is 109 cm³/mol. The van der Waals surface area contributed by atoms with E-state index in [9.17, 15) is 9.59 Å². The summed E-state index contributed by atoms with van der Waals surface area (Å²) in [5, 5.41) is 16.8. The molecule has 0 saturated heterocycles. The van der Waals surface area contributed by atoms with Crippen molar-refractivity contribution in [3.63, 3.8) is 0 Å². The fraction of sp³-hybridized carbons (Fsp3) is 0.412. The Balaban J connectivity index is 1.45. The van der Waals surface area contributed by atoms with Crippen molar-refractivity contribution in [1.29, 1.82) is 0 Å². The number of hydrogen-bond acceptors (Lipinski definition) is 9. The number of nitrogens with zero attached hydrogens (tertiary/aromatic N) is 2. The van der Waals surface area contributed by atoms with Crippen LogP contribution < -0.4 is 25.4 Å². The second-order valence-corrected chi connectivity index (χ2v) is 8.00. The molecule has 0 aliphatic carbocycles. The molecule has 0 spiro atoms. The lowest BCUT2D eigenvalue weighted by molar-refractivity contribution is -0.117. The summed E-state index contributed by atoms with van der Waals surface area (Å²) in [6.45, 7) is 4.03. The Labute approximate surface area is 170 Å². The zero-order valence-corrected chi connectivity index (χ0v) is 17.0. The van der Waals surface area contributed by atoms with Gasteiger partial charge < -0.3 is 20.1 Å². The molecule has 150 valence electrons. The third kappa shape index (κ3) is 5.99. The van der Waals surface area contributed by atoms with Gasteiger partial charge in [0.25, 0.3) is 0 Å². The maximum Gasteiger partial charge on any atom is 0.325 e. The number of aromatic nitrogens is 2.